The van der Waals surface area contributed by atoms with E-state index in [-0.39, 0.29) is 17.4 Å². The molecule has 0 saturated carbocycles. The van der Waals surface area contributed by atoms with Gasteiger partial charge in [-0.25, -0.2) is 4.39 Å². The van der Waals surface area contributed by atoms with Crippen molar-refractivity contribution in [2.45, 2.75) is 39.0 Å². The average molecular weight is 852 g/mol. The fourth-order valence-corrected chi connectivity index (χ4v) is 8.85. The number of piperazine rings is 2. The van der Waals surface area contributed by atoms with Gasteiger partial charge in [0, 0.05) is 109 Å². The molecule has 3 aromatic rings. The number of hydrazone groups is 1. The number of hydrogen-bond acceptors (Lipinski definition) is 10. The molecular weight excluding hydrogens is 786 g/mol. The number of likely N-dealkylation sites (N-methyl/N-ethyl adjacent to an activating group) is 1. The number of halogens is 1. The minimum absolute atomic E-state index is 0.00165. The van der Waals surface area contributed by atoms with Crippen molar-refractivity contribution in [1.29, 1.82) is 0 Å². The standard InChI is InChI=1S/C48H66FN9O4/c1-4-18-53(3)19-14-37-8-7-10-40(31-37)47(61)51-17-22-54-20-15-38(16-21-54)34-55-23-25-56(26-24-55)35-46(60)57-27-29-58(30-28-57)48(62)43-32-39(12-13-44(43)49)33-45(52-50-2)42-11-6-5-9-41(42)36-59/h5-13,31-32,36,38,50H,4,14-30,33-35H2,1-3H3,(H,51,61)/b52-45-. The lowest BCUT2D eigenvalue weighted by molar-refractivity contribution is -0.134. The third-order valence-corrected chi connectivity index (χ3v) is 12.5. The fraction of sp³-hybridized carbons (Fsp3) is 0.521. The van der Waals surface area contributed by atoms with E-state index < -0.39 is 11.7 Å². The highest BCUT2D eigenvalue weighted by molar-refractivity contribution is 6.07. The van der Waals surface area contributed by atoms with Crippen LogP contribution in [-0.2, 0) is 17.6 Å². The Labute approximate surface area is 367 Å². The summed E-state index contributed by atoms with van der Waals surface area (Å²) in [5.74, 6) is -0.286. The van der Waals surface area contributed by atoms with E-state index in [1.54, 1.807) is 36.2 Å². The Bertz CT molecular complexity index is 1990. The molecule has 3 aromatic carbocycles. The minimum Gasteiger partial charge on any atom is -0.351 e. The Morgan fingerprint density at radius 1 is 0.806 bits per heavy atom. The molecule has 13 nitrogen and oxygen atoms in total. The number of rotatable bonds is 19. The van der Waals surface area contributed by atoms with Crippen molar-refractivity contribution in [2.24, 2.45) is 11.0 Å². The van der Waals surface area contributed by atoms with Gasteiger partial charge < -0.3 is 35.2 Å². The first kappa shape index (κ1) is 46.5. The molecule has 0 bridgehead atoms. The van der Waals surface area contributed by atoms with Gasteiger partial charge in [0.2, 0.25) is 5.91 Å². The molecule has 3 aliphatic heterocycles. The van der Waals surface area contributed by atoms with Gasteiger partial charge in [-0.1, -0.05) is 49.4 Å². The number of nitrogens with zero attached hydrogens (tertiary/aromatic N) is 7. The number of hydrogen-bond donors (Lipinski definition) is 2. The van der Waals surface area contributed by atoms with Crippen molar-refractivity contribution in [3.63, 3.8) is 0 Å². The van der Waals surface area contributed by atoms with E-state index in [4.69, 9.17) is 0 Å². The number of amides is 3. The first-order valence-corrected chi connectivity index (χ1v) is 22.5. The predicted octanol–water partition coefficient (Wildman–Crippen LogP) is 3.73. The maximum Gasteiger partial charge on any atom is 0.256 e. The molecule has 0 spiro atoms. The topological polar surface area (TPSA) is 124 Å². The summed E-state index contributed by atoms with van der Waals surface area (Å²) in [6.45, 7) is 14.3. The van der Waals surface area contributed by atoms with Crippen LogP contribution in [0.1, 0.15) is 74.0 Å². The van der Waals surface area contributed by atoms with Crippen molar-refractivity contribution in [1.82, 2.24) is 40.1 Å². The molecule has 0 radical (unpaired) electrons. The Kier molecular flexibility index (Phi) is 17.6. The van der Waals surface area contributed by atoms with Gasteiger partial charge in [-0.15, -0.1) is 0 Å². The second-order valence-electron chi connectivity index (χ2n) is 17.0. The van der Waals surface area contributed by atoms with Gasteiger partial charge in [0.05, 0.1) is 17.8 Å². The highest BCUT2D eigenvalue weighted by Crippen LogP contribution is 2.21. The van der Waals surface area contributed by atoms with E-state index >= 15 is 4.39 Å². The Hall–Kier alpha value is -5.02. The molecule has 0 aromatic heterocycles. The van der Waals surface area contributed by atoms with Crippen LogP contribution in [-0.4, -0.2) is 178 Å². The Morgan fingerprint density at radius 2 is 1.53 bits per heavy atom. The molecule has 3 amide bonds. The Morgan fingerprint density at radius 3 is 2.26 bits per heavy atom. The summed E-state index contributed by atoms with van der Waals surface area (Å²) in [5.41, 5.74) is 7.15. The summed E-state index contributed by atoms with van der Waals surface area (Å²) in [7, 11) is 3.81. The smallest absolute Gasteiger partial charge is 0.256 e. The fourth-order valence-electron chi connectivity index (χ4n) is 8.85. The van der Waals surface area contributed by atoms with Crippen molar-refractivity contribution >= 4 is 29.7 Å². The average Bonchev–Trinajstić information content (AvgIpc) is 3.30. The summed E-state index contributed by atoms with van der Waals surface area (Å²) in [5, 5.41) is 7.51. The quantitative estimate of drug-likeness (QED) is 0.106. The van der Waals surface area contributed by atoms with E-state index in [1.165, 1.54) is 11.6 Å². The van der Waals surface area contributed by atoms with Gasteiger partial charge in [-0.05, 0) is 93.7 Å². The minimum atomic E-state index is -0.598. The SMILES string of the molecule is CCCN(C)CCc1cccc(C(=O)NCCN2CCC(CN3CCN(CC(=O)N4CCN(C(=O)c5cc(C/C(=N/NC)c6ccccc6C=O)ccc5F)CC4)CC3)CC2)c1. The lowest BCUT2D eigenvalue weighted by Gasteiger charge is -2.40. The summed E-state index contributed by atoms with van der Waals surface area (Å²) >= 11 is 0. The third-order valence-electron chi connectivity index (χ3n) is 12.5. The first-order valence-electron chi connectivity index (χ1n) is 22.5. The van der Waals surface area contributed by atoms with Crippen LogP contribution >= 0.6 is 0 Å². The number of benzene rings is 3. The van der Waals surface area contributed by atoms with Crippen LogP contribution in [0.4, 0.5) is 4.39 Å². The molecule has 0 aliphatic carbocycles. The van der Waals surface area contributed by atoms with Gasteiger partial charge in [0.25, 0.3) is 11.8 Å². The van der Waals surface area contributed by atoms with Crippen LogP contribution < -0.4 is 10.7 Å². The van der Waals surface area contributed by atoms with E-state index in [2.05, 4.69) is 55.5 Å². The van der Waals surface area contributed by atoms with Crippen molar-refractivity contribution in [3.8, 4) is 0 Å². The van der Waals surface area contributed by atoms with Crippen LogP contribution in [0.25, 0.3) is 0 Å². The summed E-state index contributed by atoms with van der Waals surface area (Å²) in [6, 6.07) is 19.6. The number of piperidine rings is 1. The zero-order chi connectivity index (χ0) is 43.8. The second-order valence-corrected chi connectivity index (χ2v) is 17.0. The monoisotopic (exact) mass is 852 g/mol. The van der Waals surface area contributed by atoms with Crippen LogP contribution in [0, 0.1) is 11.7 Å². The molecule has 14 heteroatoms. The molecule has 62 heavy (non-hydrogen) atoms. The number of carbonyl (C=O) groups is 4. The molecule has 0 atom stereocenters. The zero-order valence-corrected chi connectivity index (χ0v) is 37.0. The second kappa shape index (κ2) is 23.4. The number of carbonyl (C=O) groups excluding carboxylic acids is 4. The van der Waals surface area contributed by atoms with Gasteiger partial charge in [-0.2, -0.15) is 5.10 Å². The molecule has 3 heterocycles. The number of nitrogens with one attached hydrogen (secondary N) is 2. The zero-order valence-electron chi connectivity index (χ0n) is 37.0. The molecule has 3 saturated heterocycles. The van der Waals surface area contributed by atoms with Crippen LogP contribution in [0.5, 0.6) is 0 Å². The molecule has 3 aliphatic rings. The van der Waals surface area contributed by atoms with E-state index in [0.717, 1.165) is 103 Å². The largest absolute Gasteiger partial charge is 0.351 e. The summed E-state index contributed by atoms with van der Waals surface area (Å²) in [4.78, 5) is 64.5. The molecule has 2 N–H and O–H groups in total. The van der Waals surface area contributed by atoms with Gasteiger partial charge in [0.1, 0.15) is 5.82 Å². The lowest BCUT2D eigenvalue weighted by atomic mass is 9.96. The van der Waals surface area contributed by atoms with Gasteiger partial charge in [-0.3, -0.25) is 24.1 Å². The van der Waals surface area contributed by atoms with E-state index in [9.17, 15) is 19.2 Å². The number of likely N-dealkylation sites (tertiary alicyclic amines) is 1. The van der Waals surface area contributed by atoms with Crippen LogP contribution in [0.2, 0.25) is 0 Å². The van der Waals surface area contributed by atoms with Gasteiger partial charge >= 0.3 is 0 Å². The van der Waals surface area contributed by atoms with E-state index in [1.807, 2.05) is 35.2 Å². The van der Waals surface area contributed by atoms with Crippen LogP contribution in [0.15, 0.2) is 71.8 Å². The normalized spacial score (nSPS) is 17.3. The molecular formula is C48H66FN9O4. The van der Waals surface area contributed by atoms with Crippen molar-refractivity contribution < 1.29 is 23.6 Å². The Balaban J connectivity index is 0.861. The lowest BCUT2D eigenvalue weighted by Crippen LogP contribution is -2.55. The summed E-state index contributed by atoms with van der Waals surface area (Å²) < 4.78 is 15.1. The first-order chi connectivity index (χ1) is 30.1. The number of aldehydes is 1. The molecule has 3 fully saturated rings. The van der Waals surface area contributed by atoms with Gasteiger partial charge in [0.15, 0.2) is 6.29 Å². The molecule has 6 rings (SSSR count). The highest BCUT2D eigenvalue weighted by Gasteiger charge is 2.29. The predicted molar refractivity (Wildman–Crippen MR) is 242 cm³/mol. The summed E-state index contributed by atoms with van der Waals surface area (Å²) in [6.07, 6.45) is 5.45. The highest BCUT2D eigenvalue weighted by atomic mass is 19.1. The molecule has 334 valence electrons. The maximum atomic E-state index is 15.1. The van der Waals surface area contributed by atoms with E-state index in [0.29, 0.717) is 74.0 Å². The molecule has 0 unspecified atom stereocenters. The van der Waals surface area contributed by atoms with Crippen molar-refractivity contribution in [2.75, 3.05) is 119 Å². The third kappa shape index (κ3) is 13.2. The van der Waals surface area contributed by atoms with Crippen LogP contribution in [0.3, 0.4) is 0 Å². The maximum absolute atomic E-state index is 15.1. The van der Waals surface area contributed by atoms with Crippen molar-refractivity contribution in [3.05, 3.63) is 106 Å².